The van der Waals surface area contributed by atoms with Gasteiger partial charge in [-0.3, -0.25) is 10.5 Å². The lowest BCUT2D eigenvalue weighted by Gasteiger charge is -2.36. The first kappa shape index (κ1) is 23.4. The van der Waals surface area contributed by atoms with Crippen LogP contribution in [0.1, 0.15) is 49.3 Å². The van der Waals surface area contributed by atoms with Crippen molar-refractivity contribution >= 4 is 11.7 Å². The molecule has 0 spiro atoms. The summed E-state index contributed by atoms with van der Waals surface area (Å²) in [6.07, 6.45) is 1.79. The van der Waals surface area contributed by atoms with Gasteiger partial charge in [-0.15, -0.1) is 0 Å². The molecule has 2 aliphatic heterocycles. The van der Waals surface area contributed by atoms with Crippen molar-refractivity contribution in [2.45, 2.75) is 65.3 Å². The van der Waals surface area contributed by atoms with Crippen LogP contribution in [0.5, 0.6) is 0 Å². The molecule has 3 heterocycles. The maximum Gasteiger partial charge on any atom is 0.289 e. The molecule has 1 aromatic heterocycles. The SMILES string of the molecule is CC(C)NC(=O)c1cc(N2CC(C)OC(C)C2)nc2c1CCOCC2.NC(F)F. The van der Waals surface area contributed by atoms with E-state index in [9.17, 15) is 13.6 Å². The summed E-state index contributed by atoms with van der Waals surface area (Å²) >= 11 is 0. The average Bonchev–Trinajstić information content (AvgIpc) is 2.84. The number of rotatable bonds is 3. The van der Waals surface area contributed by atoms with Crippen LogP contribution in [-0.4, -0.2) is 62.0 Å². The number of fused-ring (bicyclic) bond motifs is 1. The summed E-state index contributed by atoms with van der Waals surface area (Å²) in [5.41, 5.74) is 6.55. The van der Waals surface area contributed by atoms with Gasteiger partial charge in [0, 0.05) is 36.8 Å². The summed E-state index contributed by atoms with van der Waals surface area (Å²) in [4.78, 5) is 19.9. The van der Waals surface area contributed by atoms with Gasteiger partial charge in [0.05, 0.1) is 25.4 Å². The van der Waals surface area contributed by atoms with Gasteiger partial charge in [0.1, 0.15) is 5.82 Å². The summed E-state index contributed by atoms with van der Waals surface area (Å²) in [6, 6.07) is 2.05. The van der Waals surface area contributed by atoms with Gasteiger partial charge in [-0.1, -0.05) is 0 Å². The molecule has 2 atom stereocenters. The monoisotopic (exact) mass is 414 g/mol. The number of hydrogen-bond acceptors (Lipinski definition) is 6. The van der Waals surface area contributed by atoms with E-state index < -0.39 is 6.55 Å². The Kier molecular flexibility index (Phi) is 8.73. The zero-order chi connectivity index (χ0) is 21.6. The van der Waals surface area contributed by atoms with E-state index in [1.807, 2.05) is 19.9 Å². The number of amides is 1. The quantitative estimate of drug-likeness (QED) is 0.737. The minimum atomic E-state index is -2.67. The second kappa shape index (κ2) is 10.8. The third-order valence-corrected chi connectivity index (χ3v) is 4.58. The van der Waals surface area contributed by atoms with E-state index in [0.29, 0.717) is 13.2 Å². The Balaban J connectivity index is 0.000000687. The number of nitrogens with zero attached hydrogens (tertiary/aromatic N) is 2. The number of halogens is 2. The van der Waals surface area contributed by atoms with Crippen LogP contribution in [0.2, 0.25) is 0 Å². The van der Waals surface area contributed by atoms with Crippen molar-refractivity contribution in [1.29, 1.82) is 0 Å². The van der Waals surface area contributed by atoms with Crippen molar-refractivity contribution in [1.82, 2.24) is 10.3 Å². The molecule has 164 valence electrons. The third-order valence-electron chi connectivity index (χ3n) is 4.58. The molecule has 3 rings (SSSR count). The second-order valence-electron chi connectivity index (χ2n) is 7.69. The van der Waals surface area contributed by atoms with Crippen molar-refractivity contribution in [3.05, 3.63) is 22.9 Å². The Morgan fingerprint density at radius 2 is 1.83 bits per heavy atom. The van der Waals surface area contributed by atoms with Crippen LogP contribution in [-0.2, 0) is 22.3 Å². The molecular weight excluding hydrogens is 382 g/mol. The first-order valence-electron chi connectivity index (χ1n) is 10.0. The lowest BCUT2D eigenvalue weighted by atomic mass is 10.0. The highest BCUT2D eigenvalue weighted by atomic mass is 19.3. The Bertz CT molecular complexity index is 675. The molecule has 2 aliphatic rings. The van der Waals surface area contributed by atoms with Gasteiger partial charge >= 0.3 is 0 Å². The predicted molar refractivity (Wildman–Crippen MR) is 107 cm³/mol. The summed E-state index contributed by atoms with van der Waals surface area (Å²) in [6.45, 7) is 8.32. The van der Waals surface area contributed by atoms with E-state index in [1.54, 1.807) is 0 Å². The first-order chi connectivity index (χ1) is 13.7. The number of ether oxygens (including phenoxy) is 2. The molecule has 0 aromatic carbocycles. The molecule has 2 unspecified atom stereocenters. The van der Waals surface area contributed by atoms with E-state index in [2.05, 4.69) is 29.8 Å². The topological polar surface area (TPSA) is 89.7 Å². The lowest BCUT2D eigenvalue weighted by Crippen LogP contribution is -2.46. The molecule has 1 fully saturated rings. The van der Waals surface area contributed by atoms with Crippen LogP contribution < -0.4 is 16.0 Å². The molecule has 1 amide bonds. The van der Waals surface area contributed by atoms with Gasteiger partial charge < -0.3 is 19.7 Å². The number of carbonyl (C=O) groups is 1. The first-order valence-corrected chi connectivity index (χ1v) is 10.0. The highest BCUT2D eigenvalue weighted by molar-refractivity contribution is 5.97. The molecule has 1 aromatic rings. The van der Waals surface area contributed by atoms with Crippen molar-refractivity contribution in [2.75, 3.05) is 31.2 Å². The lowest BCUT2D eigenvalue weighted by molar-refractivity contribution is -0.00547. The fourth-order valence-corrected chi connectivity index (χ4v) is 3.61. The van der Waals surface area contributed by atoms with E-state index in [0.717, 1.165) is 48.6 Å². The molecule has 0 saturated carbocycles. The van der Waals surface area contributed by atoms with Crippen LogP contribution >= 0.6 is 0 Å². The van der Waals surface area contributed by atoms with Gasteiger partial charge in [0.15, 0.2) is 0 Å². The summed E-state index contributed by atoms with van der Waals surface area (Å²) in [7, 11) is 0. The average molecular weight is 414 g/mol. The zero-order valence-electron chi connectivity index (χ0n) is 17.6. The number of nitrogens with one attached hydrogen (secondary N) is 1. The van der Waals surface area contributed by atoms with E-state index in [4.69, 9.17) is 14.5 Å². The Labute approximate surface area is 170 Å². The Morgan fingerprint density at radius 3 is 2.41 bits per heavy atom. The van der Waals surface area contributed by atoms with Crippen molar-refractivity contribution in [3.63, 3.8) is 0 Å². The van der Waals surface area contributed by atoms with E-state index >= 15 is 0 Å². The summed E-state index contributed by atoms with van der Waals surface area (Å²) in [5, 5.41) is 3.03. The van der Waals surface area contributed by atoms with Gasteiger partial charge in [-0.05, 0) is 45.7 Å². The van der Waals surface area contributed by atoms with Crippen molar-refractivity contribution in [2.24, 2.45) is 5.73 Å². The van der Waals surface area contributed by atoms with Gasteiger partial charge in [0.25, 0.3) is 12.5 Å². The maximum atomic E-state index is 12.8. The number of hydrogen-bond donors (Lipinski definition) is 2. The molecule has 29 heavy (non-hydrogen) atoms. The van der Waals surface area contributed by atoms with Crippen LogP contribution in [0.4, 0.5) is 14.6 Å². The number of carbonyl (C=O) groups excluding carboxylic acids is 1. The van der Waals surface area contributed by atoms with Crippen LogP contribution in [0.3, 0.4) is 0 Å². The minimum Gasteiger partial charge on any atom is -0.381 e. The fourth-order valence-electron chi connectivity index (χ4n) is 3.61. The highest BCUT2D eigenvalue weighted by Gasteiger charge is 2.26. The number of anilines is 1. The number of morpholine rings is 1. The van der Waals surface area contributed by atoms with Crippen molar-refractivity contribution in [3.8, 4) is 0 Å². The molecule has 3 N–H and O–H groups in total. The zero-order valence-corrected chi connectivity index (χ0v) is 17.6. The maximum absolute atomic E-state index is 12.8. The van der Waals surface area contributed by atoms with E-state index in [-0.39, 0.29) is 24.2 Å². The van der Waals surface area contributed by atoms with Crippen molar-refractivity contribution < 1.29 is 23.0 Å². The molecule has 0 bridgehead atoms. The number of pyridine rings is 1. The molecule has 7 nitrogen and oxygen atoms in total. The predicted octanol–water partition coefficient (Wildman–Crippen LogP) is 2.12. The minimum absolute atomic E-state index is 0.0221. The second-order valence-corrected chi connectivity index (χ2v) is 7.69. The number of nitrogens with two attached hydrogens (primary N) is 1. The largest absolute Gasteiger partial charge is 0.381 e. The fraction of sp³-hybridized carbons (Fsp3) is 0.700. The molecule has 0 radical (unpaired) electrons. The van der Waals surface area contributed by atoms with Gasteiger partial charge in [0.2, 0.25) is 0 Å². The Morgan fingerprint density at radius 1 is 1.24 bits per heavy atom. The highest BCUT2D eigenvalue weighted by Crippen LogP contribution is 2.26. The van der Waals surface area contributed by atoms with Gasteiger partial charge in [-0.2, -0.15) is 8.78 Å². The Hall–Kier alpha value is -1.84. The summed E-state index contributed by atoms with van der Waals surface area (Å²) in [5.74, 6) is 0.850. The van der Waals surface area contributed by atoms with E-state index in [1.165, 1.54) is 0 Å². The third kappa shape index (κ3) is 7.17. The molecule has 0 aliphatic carbocycles. The standard InChI is InChI=1S/C19H29N3O3.CH3F2N/c1-12(2)20-19(23)16-9-18(22-10-13(3)25-14(4)11-22)21-17-6-8-24-7-5-15(16)17;2-1(3)4/h9,12-14H,5-8,10-11H2,1-4H3,(H,20,23);1H,4H2. The van der Waals surface area contributed by atoms with Gasteiger partial charge in [-0.25, -0.2) is 4.98 Å². The molecule has 1 saturated heterocycles. The number of alkyl halides is 2. The molecule has 9 heteroatoms. The molecular formula is C20H32F2N4O3. The summed E-state index contributed by atoms with van der Waals surface area (Å²) < 4.78 is 31.7. The smallest absolute Gasteiger partial charge is 0.289 e. The van der Waals surface area contributed by atoms with Crippen LogP contribution in [0.15, 0.2) is 6.07 Å². The number of aromatic nitrogens is 1. The van der Waals surface area contributed by atoms with Crippen LogP contribution in [0.25, 0.3) is 0 Å². The normalized spacial score (nSPS) is 21.9. The van der Waals surface area contributed by atoms with Crippen LogP contribution in [0, 0.1) is 0 Å².